The number of hydrogen-bond acceptors (Lipinski definition) is 6. The molecular weight excluding hydrogens is 616 g/mol. The highest BCUT2D eigenvalue weighted by Gasteiger charge is 2.39. The van der Waals surface area contributed by atoms with Crippen LogP contribution in [-0.4, -0.2) is 11.9 Å². The summed E-state index contributed by atoms with van der Waals surface area (Å²) in [5, 5.41) is 1.23. The molecule has 5 aromatic rings. The molecule has 10 heteroatoms. The predicted molar refractivity (Wildman–Crippen MR) is 168 cm³/mol. The number of aryl methyl sites for hydroxylation is 1. The van der Waals surface area contributed by atoms with E-state index >= 15 is 17.6 Å². The van der Waals surface area contributed by atoms with Gasteiger partial charge in [-0.15, -0.1) is 0 Å². The number of benzene rings is 5. The smallest absolute Gasteiger partial charge is 0.427 e. The van der Waals surface area contributed by atoms with Gasteiger partial charge in [0.25, 0.3) is 0 Å². The van der Waals surface area contributed by atoms with Gasteiger partial charge >= 0.3 is 24.2 Å². The number of rotatable bonds is 12. The zero-order chi connectivity index (χ0) is 33.8. The molecule has 5 aromatic carbocycles. The van der Waals surface area contributed by atoms with E-state index in [9.17, 15) is 9.59 Å². The van der Waals surface area contributed by atoms with Crippen molar-refractivity contribution in [2.45, 2.75) is 32.4 Å². The van der Waals surface area contributed by atoms with Crippen LogP contribution in [-0.2, 0) is 44.5 Å². The quantitative estimate of drug-likeness (QED) is 0.0767. The minimum Gasteiger partial charge on any atom is -0.458 e. The van der Waals surface area contributed by atoms with Crippen LogP contribution in [0, 0.1) is 6.92 Å². The first kappa shape index (κ1) is 32.7. The fourth-order valence-electron chi connectivity index (χ4n) is 5.09. The van der Waals surface area contributed by atoms with E-state index in [-0.39, 0.29) is 41.0 Å². The van der Waals surface area contributed by atoms with Crippen LogP contribution in [0.25, 0.3) is 21.5 Å². The molecule has 0 N–H and O–H groups in total. The summed E-state index contributed by atoms with van der Waals surface area (Å²) in [4.78, 5) is 23.0. The van der Waals surface area contributed by atoms with Gasteiger partial charge < -0.3 is 18.9 Å². The van der Waals surface area contributed by atoms with Gasteiger partial charge in [0.2, 0.25) is 0 Å². The number of halogens is 4. The zero-order valence-corrected chi connectivity index (χ0v) is 25.1. The van der Waals surface area contributed by atoms with Crippen LogP contribution in [0.15, 0.2) is 116 Å². The average Bonchev–Trinajstić information content (AvgIpc) is 3.06. The van der Waals surface area contributed by atoms with Gasteiger partial charge in [-0.25, -0.2) is 9.59 Å². The summed E-state index contributed by atoms with van der Waals surface area (Å²) in [5.41, 5.74) is 0.262. The van der Waals surface area contributed by atoms with Gasteiger partial charge in [0.15, 0.2) is 0 Å². The zero-order valence-electron chi connectivity index (χ0n) is 25.1. The molecule has 0 fully saturated rings. The largest absolute Gasteiger partial charge is 0.458 e. The second-order valence-corrected chi connectivity index (χ2v) is 10.4. The van der Waals surface area contributed by atoms with E-state index in [0.717, 1.165) is 24.3 Å². The Labute approximate surface area is 267 Å². The molecular formula is C37H28F4O6. The Morgan fingerprint density at radius 1 is 0.638 bits per heavy atom. The van der Waals surface area contributed by atoms with E-state index in [1.807, 2.05) is 0 Å². The molecule has 5 rings (SSSR count). The van der Waals surface area contributed by atoms with Crippen LogP contribution >= 0.6 is 0 Å². The Morgan fingerprint density at radius 3 is 1.53 bits per heavy atom. The summed E-state index contributed by atoms with van der Waals surface area (Å²) in [7, 11) is 0. The summed E-state index contributed by atoms with van der Waals surface area (Å²) >= 11 is 0. The molecule has 0 atom stereocenters. The molecule has 0 bridgehead atoms. The number of alkyl halides is 4. The van der Waals surface area contributed by atoms with Crippen LogP contribution in [0.2, 0.25) is 0 Å². The monoisotopic (exact) mass is 644 g/mol. The molecule has 0 aliphatic rings. The summed E-state index contributed by atoms with van der Waals surface area (Å²) in [6.45, 7) is 7.82. The first-order chi connectivity index (χ1) is 22.4. The van der Waals surface area contributed by atoms with Crippen molar-refractivity contribution in [3.8, 4) is 11.5 Å². The lowest BCUT2D eigenvalue weighted by molar-refractivity contribution is -0.187. The maximum atomic E-state index is 15.6. The Morgan fingerprint density at radius 2 is 1.09 bits per heavy atom. The van der Waals surface area contributed by atoms with E-state index in [0.29, 0.717) is 21.9 Å². The number of ether oxygens (including phenoxy) is 4. The molecule has 0 aliphatic carbocycles. The van der Waals surface area contributed by atoms with Crippen LogP contribution < -0.4 is 9.47 Å². The van der Waals surface area contributed by atoms with E-state index < -0.39 is 35.3 Å². The maximum absolute atomic E-state index is 15.6. The SMILES string of the molecule is C=CC(=O)OCc1ccc(C(F)(F)Oc2ccc(OC(F)(F)c3ccc(COC(=O)C=C)c4ccccc34)c(C)c2)c2ccccc12. The second kappa shape index (κ2) is 13.4. The van der Waals surface area contributed by atoms with Crippen molar-refractivity contribution in [2.75, 3.05) is 0 Å². The molecule has 0 saturated heterocycles. The van der Waals surface area contributed by atoms with E-state index in [4.69, 9.17) is 18.9 Å². The molecule has 0 heterocycles. The van der Waals surface area contributed by atoms with Gasteiger partial charge in [0.05, 0.1) is 11.1 Å². The lowest BCUT2D eigenvalue weighted by atomic mass is 9.99. The topological polar surface area (TPSA) is 71.1 Å². The number of hydrogen-bond donors (Lipinski definition) is 0. The lowest BCUT2D eigenvalue weighted by Crippen LogP contribution is -2.24. The third-order valence-corrected chi connectivity index (χ3v) is 7.36. The Kier molecular flexibility index (Phi) is 9.32. The first-order valence-electron chi connectivity index (χ1n) is 14.3. The van der Waals surface area contributed by atoms with Gasteiger partial charge in [-0.2, -0.15) is 17.6 Å². The highest BCUT2D eigenvalue weighted by molar-refractivity contribution is 5.90. The Balaban J connectivity index is 1.38. The molecule has 0 radical (unpaired) electrons. The summed E-state index contributed by atoms with van der Waals surface area (Å²) in [6, 6.07) is 21.4. The molecule has 0 amide bonds. The number of fused-ring (bicyclic) bond motifs is 2. The highest BCUT2D eigenvalue weighted by Crippen LogP contribution is 2.41. The van der Waals surface area contributed by atoms with Gasteiger partial charge in [-0.05, 0) is 75.5 Å². The van der Waals surface area contributed by atoms with Gasteiger partial charge in [0, 0.05) is 12.2 Å². The van der Waals surface area contributed by atoms with Crippen LogP contribution in [0.1, 0.15) is 27.8 Å². The van der Waals surface area contributed by atoms with Gasteiger partial charge in [-0.3, -0.25) is 0 Å². The van der Waals surface area contributed by atoms with Crippen molar-refractivity contribution in [1.29, 1.82) is 0 Å². The third-order valence-electron chi connectivity index (χ3n) is 7.36. The molecule has 6 nitrogen and oxygen atoms in total. The fourth-order valence-corrected chi connectivity index (χ4v) is 5.09. The van der Waals surface area contributed by atoms with Crippen molar-refractivity contribution in [3.63, 3.8) is 0 Å². The minimum atomic E-state index is -3.83. The molecule has 0 aliphatic heterocycles. The molecule has 47 heavy (non-hydrogen) atoms. The van der Waals surface area contributed by atoms with E-state index in [1.54, 1.807) is 36.4 Å². The maximum Gasteiger partial charge on any atom is 0.427 e. The van der Waals surface area contributed by atoms with Crippen molar-refractivity contribution >= 4 is 33.5 Å². The van der Waals surface area contributed by atoms with Crippen molar-refractivity contribution < 1.29 is 46.1 Å². The number of carbonyl (C=O) groups is 2. The first-order valence-corrected chi connectivity index (χ1v) is 14.3. The molecule has 0 saturated carbocycles. The van der Waals surface area contributed by atoms with Crippen LogP contribution in [0.4, 0.5) is 17.6 Å². The summed E-state index contributed by atoms with van der Waals surface area (Å²) in [5.74, 6) is -1.83. The van der Waals surface area contributed by atoms with E-state index in [1.165, 1.54) is 49.4 Å². The van der Waals surface area contributed by atoms with Crippen molar-refractivity contribution in [2.24, 2.45) is 0 Å². The molecule has 0 unspecified atom stereocenters. The second-order valence-electron chi connectivity index (χ2n) is 10.4. The predicted octanol–water partition coefficient (Wildman–Crippen LogP) is 9.02. The highest BCUT2D eigenvalue weighted by atomic mass is 19.3. The van der Waals surface area contributed by atoms with Crippen molar-refractivity contribution in [3.05, 3.63) is 144 Å². The number of esters is 2. The third kappa shape index (κ3) is 7.12. The Hall–Kier alpha value is -5.64. The lowest BCUT2D eigenvalue weighted by Gasteiger charge is -2.23. The van der Waals surface area contributed by atoms with E-state index in [2.05, 4.69) is 13.2 Å². The molecule has 0 spiro atoms. The van der Waals surface area contributed by atoms with Crippen LogP contribution in [0.3, 0.4) is 0 Å². The minimum absolute atomic E-state index is 0.125. The molecule has 0 aromatic heterocycles. The summed E-state index contributed by atoms with van der Waals surface area (Å²) in [6.07, 6.45) is -5.64. The number of carbonyl (C=O) groups excluding carboxylic acids is 2. The standard InChI is InChI=1S/C37H28F4O6/c1-4-34(42)44-21-24-14-17-31(29-12-8-6-10-27(24)29)36(38,39)46-26-16-19-33(23(3)20-26)47-37(40,41)32-18-15-25(22-45-35(43)5-2)28-11-7-9-13-30(28)32/h4-20H,1-2,21-22H2,3H3. The average molecular weight is 645 g/mol. The Bertz CT molecular complexity index is 2000. The van der Waals surface area contributed by atoms with Crippen LogP contribution in [0.5, 0.6) is 11.5 Å². The van der Waals surface area contributed by atoms with Crippen molar-refractivity contribution in [1.82, 2.24) is 0 Å². The summed E-state index contributed by atoms with van der Waals surface area (Å²) < 4.78 is 82.9. The molecule has 240 valence electrons. The van der Waals surface area contributed by atoms with Gasteiger partial charge in [-0.1, -0.05) is 73.8 Å². The normalized spacial score (nSPS) is 11.6. The fraction of sp³-hybridized carbons (Fsp3) is 0.135. The van der Waals surface area contributed by atoms with Gasteiger partial charge in [0.1, 0.15) is 24.7 Å².